The number of carbonyl (C=O) groups excluding carboxylic acids is 1. The minimum Gasteiger partial charge on any atom is -0.382 e. The maximum atomic E-state index is 12.4. The summed E-state index contributed by atoms with van der Waals surface area (Å²) in [4.78, 5) is 18.9. The third-order valence-electron chi connectivity index (χ3n) is 4.69. The van der Waals surface area contributed by atoms with E-state index in [2.05, 4.69) is 5.16 Å². The van der Waals surface area contributed by atoms with E-state index in [9.17, 15) is 4.79 Å². The first-order chi connectivity index (χ1) is 13.6. The number of hydrogen-bond donors (Lipinski definition) is 0. The van der Waals surface area contributed by atoms with Crippen LogP contribution in [0.25, 0.3) is 11.3 Å². The van der Waals surface area contributed by atoms with Crippen molar-refractivity contribution in [3.8, 4) is 11.3 Å². The number of hydrogen-bond acceptors (Lipinski definition) is 7. The van der Waals surface area contributed by atoms with Gasteiger partial charge in [0.1, 0.15) is 18.5 Å². The molecular weight excluding hydrogens is 362 g/mol. The molecule has 3 heterocycles. The first kappa shape index (κ1) is 20.4. The lowest BCUT2D eigenvalue weighted by atomic mass is 10.1. The predicted molar refractivity (Wildman–Crippen MR) is 102 cm³/mol. The molecule has 0 radical (unpaired) electrons. The second-order valence-electron chi connectivity index (χ2n) is 6.61. The molecule has 1 aliphatic rings. The highest BCUT2D eigenvalue weighted by Crippen LogP contribution is 2.28. The highest BCUT2D eigenvalue weighted by molar-refractivity contribution is 5.77. The van der Waals surface area contributed by atoms with Gasteiger partial charge < -0.3 is 23.6 Å². The van der Waals surface area contributed by atoms with E-state index in [-0.39, 0.29) is 18.6 Å². The molecule has 152 valence electrons. The van der Waals surface area contributed by atoms with E-state index in [1.54, 1.807) is 12.0 Å². The van der Waals surface area contributed by atoms with Gasteiger partial charge in [0.25, 0.3) is 0 Å². The molecule has 1 saturated heterocycles. The summed E-state index contributed by atoms with van der Waals surface area (Å²) in [5.74, 6) is 0.764. The van der Waals surface area contributed by atoms with E-state index in [0.29, 0.717) is 32.9 Å². The number of pyridine rings is 1. The summed E-state index contributed by atoms with van der Waals surface area (Å²) in [5.41, 5.74) is 3.34. The van der Waals surface area contributed by atoms with Gasteiger partial charge in [-0.25, -0.2) is 4.98 Å². The molecular formula is C20H27N3O5. The first-order valence-electron chi connectivity index (χ1n) is 9.52. The van der Waals surface area contributed by atoms with Crippen molar-refractivity contribution in [2.75, 3.05) is 46.6 Å². The fraction of sp³-hybridized carbons (Fsp3) is 0.550. The third-order valence-corrected chi connectivity index (χ3v) is 4.69. The zero-order valence-electron chi connectivity index (χ0n) is 16.6. The molecule has 0 N–H and O–H groups in total. The van der Waals surface area contributed by atoms with E-state index in [4.69, 9.17) is 23.7 Å². The Kier molecular flexibility index (Phi) is 7.13. The number of rotatable bonds is 8. The molecule has 1 unspecified atom stereocenters. The van der Waals surface area contributed by atoms with Gasteiger partial charge in [0.05, 0.1) is 49.0 Å². The molecule has 1 atom stereocenters. The van der Waals surface area contributed by atoms with Gasteiger partial charge in [0, 0.05) is 20.1 Å². The Morgan fingerprint density at radius 1 is 1.36 bits per heavy atom. The van der Waals surface area contributed by atoms with Crippen molar-refractivity contribution < 1.29 is 23.5 Å². The number of methoxy groups -OCH3 is 1. The predicted octanol–water partition coefficient (Wildman–Crippen LogP) is 2.17. The molecule has 28 heavy (non-hydrogen) atoms. The Balaban J connectivity index is 1.70. The number of ether oxygens (including phenoxy) is 3. The van der Waals surface area contributed by atoms with Gasteiger partial charge in [-0.05, 0) is 19.1 Å². The lowest BCUT2D eigenvalue weighted by molar-refractivity contribution is -0.144. The Bertz CT molecular complexity index is 792. The van der Waals surface area contributed by atoms with Gasteiger partial charge in [-0.15, -0.1) is 0 Å². The molecule has 3 rings (SSSR count). The zero-order chi connectivity index (χ0) is 19.9. The van der Waals surface area contributed by atoms with Crippen LogP contribution in [0.2, 0.25) is 0 Å². The molecule has 0 aromatic carbocycles. The summed E-state index contributed by atoms with van der Waals surface area (Å²) in [6.45, 7) is 6.31. The lowest BCUT2D eigenvalue weighted by Gasteiger charge is -2.32. The van der Waals surface area contributed by atoms with Gasteiger partial charge in [-0.1, -0.05) is 18.1 Å². The van der Waals surface area contributed by atoms with Crippen molar-refractivity contribution >= 4 is 5.91 Å². The monoisotopic (exact) mass is 389 g/mol. The van der Waals surface area contributed by atoms with E-state index < -0.39 is 0 Å². The summed E-state index contributed by atoms with van der Waals surface area (Å²) in [6, 6.07) is 5.81. The molecule has 0 aliphatic carbocycles. The van der Waals surface area contributed by atoms with Crippen LogP contribution in [0.4, 0.5) is 0 Å². The van der Waals surface area contributed by atoms with Crippen molar-refractivity contribution in [2.45, 2.75) is 26.4 Å². The third kappa shape index (κ3) is 4.76. The van der Waals surface area contributed by atoms with Gasteiger partial charge in [0.2, 0.25) is 5.91 Å². The van der Waals surface area contributed by atoms with Crippen LogP contribution in [0.15, 0.2) is 22.7 Å². The van der Waals surface area contributed by atoms with Crippen molar-refractivity contribution in [1.82, 2.24) is 15.0 Å². The van der Waals surface area contributed by atoms with Crippen LogP contribution >= 0.6 is 0 Å². The second kappa shape index (κ2) is 9.77. The van der Waals surface area contributed by atoms with Gasteiger partial charge in [-0.3, -0.25) is 4.79 Å². The minimum absolute atomic E-state index is 0.0449. The Hall–Kier alpha value is -2.29. The van der Waals surface area contributed by atoms with Crippen LogP contribution in [-0.4, -0.2) is 67.6 Å². The Morgan fingerprint density at radius 3 is 3.00 bits per heavy atom. The standard InChI is InChI=1S/C20H27N3O5/c1-4-17-20(14(2)22-28-17)16-7-5-6-15(21-16)18-12-23(8-9-27-18)19(24)13-26-11-10-25-3/h5-7,18H,4,8-13H2,1-3H3. The van der Waals surface area contributed by atoms with Gasteiger partial charge in [-0.2, -0.15) is 0 Å². The largest absolute Gasteiger partial charge is 0.382 e. The summed E-state index contributed by atoms with van der Waals surface area (Å²) in [5, 5.41) is 4.06. The number of morpholine rings is 1. The van der Waals surface area contributed by atoms with Crippen molar-refractivity contribution in [2.24, 2.45) is 0 Å². The fourth-order valence-electron chi connectivity index (χ4n) is 3.20. The molecule has 8 heteroatoms. The Morgan fingerprint density at radius 2 is 2.21 bits per heavy atom. The molecule has 8 nitrogen and oxygen atoms in total. The quantitative estimate of drug-likeness (QED) is 0.640. The molecule has 2 aromatic heterocycles. The van der Waals surface area contributed by atoms with Crippen LogP contribution in [0, 0.1) is 6.92 Å². The van der Waals surface area contributed by atoms with Gasteiger partial charge in [0.15, 0.2) is 0 Å². The average Bonchev–Trinajstić information content (AvgIpc) is 3.12. The SMILES string of the molecule is CCc1onc(C)c1-c1cccc(C2CN(C(=O)COCCOC)CCO2)n1. The summed E-state index contributed by atoms with van der Waals surface area (Å²) >= 11 is 0. The van der Waals surface area contributed by atoms with Crippen LogP contribution in [0.5, 0.6) is 0 Å². The van der Waals surface area contributed by atoms with E-state index in [0.717, 1.165) is 34.8 Å². The lowest BCUT2D eigenvalue weighted by Crippen LogP contribution is -2.44. The second-order valence-corrected chi connectivity index (χ2v) is 6.61. The van der Waals surface area contributed by atoms with Crippen molar-refractivity contribution in [1.29, 1.82) is 0 Å². The smallest absolute Gasteiger partial charge is 0.248 e. The number of aromatic nitrogens is 2. The van der Waals surface area contributed by atoms with Gasteiger partial charge >= 0.3 is 0 Å². The summed E-state index contributed by atoms with van der Waals surface area (Å²) in [6.07, 6.45) is 0.467. The molecule has 1 aliphatic heterocycles. The molecule has 0 spiro atoms. The molecule has 1 amide bonds. The summed E-state index contributed by atoms with van der Waals surface area (Å²) < 4.78 is 21.5. The normalized spacial score (nSPS) is 17.1. The fourth-order valence-corrected chi connectivity index (χ4v) is 3.20. The molecule has 0 saturated carbocycles. The number of nitrogens with zero attached hydrogens (tertiary/aromatic N) is 3. The number of carbonyl (C=O) groups is 1. The van der Waals surface area contributed by atoms with Crippen LogP contribution in [0.1, 0.15) is 30.2 Å². The average molecular weight is 389 g/mol. The van der Waals surface area contributed by atoms with Crippen LogP contribution < -0.4 is 0 Å². The zero-order valence-corrected chi connectivity index (χ0v) is 16.6. The molecule has 0 bridgehead atoms. The van der Waals surface area contributed by atoms with E-state index in [1.807, 2.05) is 32.0 Å². The maximum absolute atomic E-state index is 12.4. The minimum atomic E-state index is -0.276. The van der Waals surface area contributed by atoms with Crippen molar-refractivity contribution in [3.63, 3.8) is 0 Å². The van der Waals surface area contributed by atoms with E-state index in [1.165, 1.54) is 0 Å². The van der Waals surface area contributed by atoms with E-state index >= 15 is 0 Å². The maximum Gasteiger partial charge on any atom is 0.248 e. The Labute approximate surface area is 164 Å². The first-order valence-corrected chi connectivity index (χ1v) is 9.52. The summed E-state index contributed by atoms with van der Waals surface area (Å²) in [7, 11) is 1.60. The highest BCUT2D eigenvalue weighted by atomic mass is 16.5. The number of amides is 1. The van der Waals surface area contributed by atoms with Crippen LogP contribution in [0.3, 0.4) is 0 Å². The molecule has 2 aromatic rings. The van der Waals surface area contributed by atoms with Crippen molar-refractivity contribution in [3.05, 3.63) is 35.3 Å². The van der Waals surface area contributed by atoms with Crippen LogP contribution in [-0.2, 0) is 25.4 Å². The highest BCUT2D eigenvalue weighted by Gasteiger charge is 2.27. The topological polar surface area (TPSA) is 86.9 Å². The molecule has 1 fully saturated rings. The number of aryl methyl sites for hydroxylation is 2.